The SMILES string of the molecule is N.N.N.O=P(O)(O)O.OB(O)O. The van der Waals surface area contributed by atoms with E-state index in [9.17, 15) is 0 Å². The fourth-order valence-electron chi connectivity index (χ4n) is 0. The second kappa shape index (κ2) is 13.5. The Balaban J connectivity index is -0.0000000221. The molecule has 0 spiro atoms. The number of hydrogen-bond donors (Lipinski definition) is 9. The lowest BCUT2D eigenvalue weighted by Gasteiger charge is -1.82. The van der Waals surface area contributed by atoms with Gasteiger partial charge in [-0.05, 0) is 0 Å². The van der Waals surface area contributed by atoms with Crippen LogP contribution in [0.2, 0.25) is 0 Å². The first-order chi connectivity index (χ1) is 3.73. The van der Waals surface area contributed by atoms with Gasteiger partial charge in [-0.3, -0.25) is 0 Å². The van der Waals surface area contributed by atoms with Crippen molar-refractivity contribution in [1.29, 1.82) is 0 Å². The summed E-state index contributed by atoms with van der Waals surface area (Å²) in [6.45, 7) is 0. The molecule has 0 aliphatic heterocycles. The molecule has 0 amide bonds. The fourth-order valence-corrected chi connectivity index (χ4v) is 0. The minimum atomic E-state index is -4.64. The van der Waals surface area contributed by atoms with Crippen molar-refractivity contribution in [3.05, 3.63) is 0 Å². The van der Waals surface area contributed by atoms with Crippen molar-refractivity contribution in [3.8, 4) is 0 Å². The summed E-state index contributed by atoms with van der Waals surface area (Å²) in [4.78, 5) is 21.6. The summed E-state index contributed by atoms with van der Waals surface area (Å²) in [5.74, 6) is 0. The first kappa shape index (κ1) is 29.7. The molecule has 0 aliphatic rings. The van der Waals surface area contributed by atoms with Gasteiger partial charge in [-0.1, -0.05) is 0 Å². The molecule has 12 heteroatoms. The van der Waals surface area contributed by atoms with E-state index >= 15 is 0 Å². The fraction of sp³-hybridized carbons (Fsp3) is 0. The summed E-state index contributed by atoms with van der Waals surface area (Å²) < 4.78 is 8.88. The topological polar surface area (TPSA) is 243 Å². The predicted molar refractivity (Wildman–Crippen MR) is 41.7 cm³/mol. The second-order valence-corrected chi connectivity index (χ2v) is 1.89. The number of phosphoric acid groups is 1. The molecular weight excluding hydrogens is 196 g/mol. The molecule has 0 saturated heterocycles. The van der Waals surface area contributed by atoms with Gasteiger partial charge in [-0.25, -0.2) is 4.57 Å². The average molecular weight is 211 g/mol. The predicted octanol–water partition coefficient (Wildman–Crippen LogP) is -2.49. The van der Waals surface area contributed by atoms with E-state index in [4.69, 9.17) is 34.3 Å². The zero-order chi connectivity index (χ0) is 8.08. The maximum Gasteiger partial charge on any atom is 0.631 e. The second-order valence-electron chi connectivity index (χ2n) is 0.860. The van der Waals surface area contributed by atoms with Gasteiger partial charge in [0.05, 0.1) is 0 Å². The first-order valence-corrected chi connectivity index (χ1v) is 3.12. The molecule has 0 aromatic heterocycles. The molecule has 0 bridgehead atoms. The van der Waals surface area contributed by atoms with E-state index in [1.807, 2.05) is 0 Å². The summed E-state index contributed by atoms with van der Waals surface area (Å²) in [7, 11) is -6.81. The monoisotopic (exact) mass is 211 g/mol. The van der Waals surface area contributed by atoms with Crippen molar-refractivity contribution >= 4 is 15.1 Å². The molecule has 0 fully saturated rings. The highest BCUT2D eigenvalue weighted by Crippen LogP contribution is 2.25. The maximum absolute atomic E-state index is 8.88. The minimum absolute atomic E-state index is 0. The molecule has 12 heavy (non-hydrogen) atoms. The van der Waals surface area contributed by atoms with Crippen LogP contribution >= 0.6 is 7.82 Å². The highest BCUT2D eigenvalue weighted by molar-refractivity contribution is 7.45. The van der Waals surface area contributed by atoms with Crippen LogP contribution in [0, 0.1) is 0 Å². The minimum Gasteiger partial charge on any atom is -0.402 e. The normalized spacial score (nSPS) is 7.17. The van der Waals surface area contributed by atoms with Gasteiger partial charge in [0.1, 0.15) is 0 Å². The Bertz CT molecular complexity index is 89.8. The molecule has 0 rings (SSSR count). The summed E-state index contributed by atoms with van der Waals surface area (Å²) in [5.41, 5.74) is 0. The zero-order valence-corrected chi connectivity index (χ0v) is 7.13. The molecule has 80 valence electrons. The Morgan fingerprint density at radius 1 is 0.833 bits per heavy atom. The van der Waals surface area contributed by atoms with Crippen LogP contribution in [-0.4, -0.2) is 37.1 Å². The van der Waals surface area contributed by atoms with E-state index in [2.05, 4.69) is 0 Å². The molecule has 0 radical (unpaired) electrons. The van der Waals surface area contributed by atoms with Crippen LogP contribution in [0.3, 0.4) is 0 Å². The standard InChI is InChI=1S/BH3O3.3H3N.H3O4P/c2-1(3)4;;;;1-5(2,3)4/h2-4H;3*1H3;(H3,1,2,3,4). The third kappa shape index (κ3) is 187000. The van der Waals surface area contributed by atoms with E-state index in [0.29, 0.717) is 0 Å². The van der Waals surface area contributed by atoms with Crippen molar-refractivity contribution in [2.45, 2.75) is 0 Å². The van der Waals surface area contributed by atoms with Crippen molar-refractivity contribution in [2.75, 3.05) is 0 Å². The summed E-state index contributed by atoms with van der Waals surface area (Å²) in [6.07, 6.45) is 0. The molecule has 15 N–H and O–H groups in total. The number of hydrogen-bond acceptors (Lipinski definition) is 7. The van der Waals surface area contributed by atoms with E-state index < -0.39 is 15.1 Å². The Morgan fingerprint density at radius 3 is 0.833 bits per heavy atom. The Morgan fingerprint density at radius 2 is 0.833 bits per heavy atom. The van der Waals surface area contributed by atoms with E-state index in [-0.39, 0.29) is 18.5 Å². The van der Waals surface area contributed by atoms with Crippen molar-refractivity contribution in [1.82, 2.24) is 18.5 Å². The maximum atomic E-state index is 8.88. The first-order valence-electron chi connectivity index (χ1n) is 1.56. The van der Waals surface area contributed by atoms with Crippen LogP contribution in [0.25, 0.3) is 0 Å². The highest BCUT2D eigenvalue weighted by atomic mass is 31.2. The van der Waals surface area contributed by atoms with Gasteiger partial charge in [-0.15, -0.1) is 0 Å². The van der Waals surface area contributed by atoms with Gasteiger partial charge in [0.25, 0.3) is 0 Å². The molecule has 0 atom stereocenters. The van der Waals surface area contributed by atoms with Crippen molar-refractivity contribution < 1.29 is 34.3 Å². The average Bonchev–Trinajstić information content (AvgIpc) is 1.19. The lowest BCUT2D eigenvalue weighted by Crippen LogP contribution is -2.07. The lowest BCUT2D eigenvalue weighted by atomic mass is 10.3. The van der Waals surface area contributed by atoms with Gasteiger partial charge in [-0.2, -0.15) is 0 Å². The Kier molecular flexibility index (Phi) is 33.4. The number of rotatable bonds is 0. The molecule has 0 aliphatic carbocycles. The van der Waals surface area contributed by atoms with Crippen molar-refractivity contribution in [3.63, 3.8) is 0 Å². The smallest absolute Gasteiger partial charge is 0.402 e. The van der Waals surface area contributed by atoms with E-state index in [1.54, 1.807) is 0 Å². The molecule has 0 unspecified atom stereocenters. The quantitative estimate of drug-likeness (QED) is 0.150. The molecule has 0 aromatic carbocycles. The van der Waals surface area contributed by atoms with Gasteiger partial charge in [0.2, 0.25) is 0 Å². The van der Waals surface area contributed by atoms with E-state index in [1.165, 1.54) is 0 Å². The Hall–Kier alpha value is -0.0651. The molecule has 0 aromatic rings. The van der Waals surface area contributed by atoms with Crippen LogP contribution in [0.1, 0.15) is 0 Å². The summed E-state index contributed by atoms with van der Waals surface area (Å²) in [5, 5.41) is 21.5. The largest absolute Gasteiger partial charge is 0.631 e. The van der Waals surface area contributed by atoms with Crippen LogP contribution < -0.4 is 18.5 Å². The molecule has 0 saturated carbocycles. The molecule has 0 heterocycles. The Labute approximate surface area is 69.0 Å². The summed E-state index contributed by atoms with van der Waals surface area (Å²) in [6, 6.07) is 0. The van der Waals surface area contributed by atoms with Crippen LogP contribution in [-0.2, 0) is 4.57 Å². The lowest BCUT2D eigenvalue weighted by molar-refractivity contribution is 0.274. The van der Waals surface area contributed by atoms with Gasteiger partial charge in [0, 0.05) is 0 Å². The van der Waals surface area contributed by atoms with Gasteiger partial charge < -0.3 is 48.2 Å². The van der Waals surface area contributed by atoms with Gasteiger partial charge >= 0.3 is 15.1 Å². The third-order valence-electron chi connectivity index (χ3n) is 0. The van der Waals surface area contributed by atoms with Crippen LogP contribution in [0.15, 0.2) is 0 Å². The highest BCUT2D eigenvalue weighted by Gasteiger charge is 2.00. The summed E-state index contributed by atoms with van der Waals surface area (Å²) >= 11 is 0. The van der Waals surface area contributed by atoms with E-state index in [0.717, 1.165) is 0 Å². The van der Waals surface area contributed by atoms with Gasteiger partial charge in [0.15, 0.2) is 0 Å². The van der Waals surface area contributed by atoms with Crippen LogP contribution in [0.4, 0.5) is 0 Å². The third-order valence-corrected chi connectivity index (χ3v) is 0. The molecular formula is H15BN3O7P. The van der Waals surface area contributed by atoms with Crippen LogP contribution in [0.5, 0.6) is 0 Å². The zero-order valence-electron chi connectivity index (χ0n) is 6.24. The molecule has 10 nitrogen and oxygen atoms in total. The van der Waals surface area contributed by atoms with Crippen molar-refractivity contribution in [2.24, 2.45) is 0 Å².